The summed E-state index contributed by atoms with van der Waals surface area (Å²) in [4.78, 5) is 12.1. The molecule has 6 nitrogen and oxygen atoms in total. The minimum atomic E-state index is -0.547. The Labute approximate surface area is 137 Å². The number of rotatable bonds is 5. The van der Waals surface area contributed by atoms with Gasteiger partial charge in [-0.1, -0.05) is 6.07 Å². The minimum Gasteiger partial charge on any atom is -0.494 e. The molecule has 1 heterocycles. The van der Waals surface area contributed by atoms with E-state index in [9.17, 15) is 9.18 Å². The van der Waals surface area contributed by atoms with Gasteiger partial charge in [0.2, 0.25) is 5.89 Å². The zero-order valence-electron chi connectivity index (χ0n) is 12.8. The van der Waals surface area contributed by atoms with Crippen LogP contribution >= 0.6 is 0 Å². The van der Waals surface area contributed by atoms with Crippen LogP contribution in [0.4, 0.5) is 10.1 Å². The fraction of sp³-hybridized carbons (Fsp3) is 0.118. The molecule has 0 fully saturated rings. The number of carbonyl (C=O) groups is 1. The minimum absolute atomic E-state index is 0.0753. The number of carbonyl (C=O) groups excluding carboxylic acids is 1. The van der Waals surface area contributed by atoms with Gasteiger partial charge in [0.15, 0.2) is 0 Å². The third kappa shape index (κ3) is 3.57. The summed E-state index contributed by atoms with van der Waals surface area (Å²) in [5.41, 5.74) is 0.969. The first-order valence-electron chi connectivity index (χ1n) is 7.29. The van der Waals surface area contributed by atoms with Gasteiger partial charge in [-0.25, -0.2) is 4.39 Å². The molecule has 0 spiro atoms. The second-order valence-corrected chi connectivity index (χ2v) is 4.83. The van der Waals surface area contributed by atoms with Crippen LogP contribution in [0, 0.1) is 5.82 Å². The van der Waals surface area contributed by atoms with E-state index < -0.39 is 11.7 Å². The first kappa shape index (κ1) is 15.7. The van der Waals surface area contributed by atoms with Gasteiger partial charge in [0.25, 0.3) is 0 Å². The Morgan fingerprint density at radius 2 is 2.00 bits per heavy atom. The Kier molecular flexibility index (Phi) is 4.51. The van der Waals surface area contributed by atoms with Crippen LogP contribution in [0.5, 0.6) is 5.75 Å². The Morgan fingerprint density at radius 1 is 1.21 bits per heavy atom. The number of nitrogens with zero attached hydrogens (tertiary/aromatic N) is 2. The van der Waals surface area contributed by atoms with Crippen molar-refractivity contribution in [2.75, 3.05) is 11.9 Å². The monoisotopic (exact) mass is 327 g/mol. The number of nitrogens with one attached hydrogen (secondary N) is 1. The molecule has 0 bridgehead atoms. The highest BCUT2D eigenvalue weighted by Crippen LogP contribution is 2.20. The van der Waals surface area contributed by atoms with Crippen LogP contribution in [0.25, 0.3) is 11.5 Å². The van der Waals surface area contributed by atoms with Crippen molar-refractivity contribution in [1.82, 2.24) is 10.2 Å². The van der Waals surface area contributed by atoms with Gasteiger partial charge >= 0.3 is 11.8 Å². The number of amides is 1. The van der Waals surface area contributed by atoms with Crippen LogP contribution in [0.15, 0.2) is 52.9 Å². The molecule has 1 amide bonds. The van der Waals surface area contributed by atoms with E-state index in [1.807, 2.05) is 6.92 Å². The lowest BCUT2D eigenvalue weighted by molar-refractivity contribution is 0.0991. The fourth-order valence-corrected chi connectivity index (χ4v) is 2.04. The second-order valence-electron chi connectivity index (χ2n) is 4.83. The van der Waals surface area contributed by atoms with Crippen molar-refractivity contribution in [1.29, 1.82) is 0 Å². The SMILES string of the molecule is CCOc1ccc(NC(=O)c2nnc(-c3cccc(F)c3)o2)cc1. The Morgan fingerprint density at radius 3 is 2.71 bits per heavy atom. The molecule has 122 valence electrons. The van der Waals surface area contributed by atoms with E-state index >= 15 is 0 Å². The number of halogens is 1. The van der Waals surface area contributed by atoms with Gasteiger partial charge in [-0.15, -0.1) is 10.2 Å². The lowest BCUT2D eigenvalue weighted by atomic mass is 10.2. The van der Waals surface area contributed by atoms with Crippen molar-refractivity contribution in [2.45, 2.75) is 6.92 Å². The van der Waals surface area contributed by atoms with Crippen molar-refractivity contribution in [3.63, 3.8) is 0 Å². The zero-order chi connectivity index (χ0) is 16.9. The van der Waals surface area contributed by atoms with E-state index in [4.69, 9.17) is 9.15 Å². The zero-order valence-corrected chi connectivity index (χ0v) is 12.8. The van der Waals surface area contributed by atoms with E-state index in [0.29, 0.717) is 23.6 Å². The average molecular weight is 327 g/mol. The predicted octanol–water partition coefficient (Wildman–Crippen LogP) is 3.53. The molecule has 0 saturated heterocycles. The van der Waals surface area contributed by atoms with Crippen LogP contribution in [0.3, 0.4) is 0 Å². The molecule has 0 aliphatic rings. The molecule has 3 rings (SSSR count). The van der Waals surface area contributed by atoms with Crippen molar-refractivity contribution in [2.24, 2.45) is 0 Å². The van der Waals surface area contributed by atoms with Crippen LogP contribution in [-0.2, 0) is 0 Å². The molecule has 7 heteroatoms. The van der Waals surface area contributed by atoms with Gasteiger partial charge in [-0.3, -0.25) is 4.79 Å². The lowest BCUT2D eigenvalue weighted by Gasteiger charge is -2.05. The van der Waals surface area contributed by atoms with Crippen LogP contribution in [0.1, 0.15) is 17.6 Å². The first-order chi connectivity index (χ1) is 11.7. The van der Waals surface area contributed by atoms with E-state index in [0.717, 1.165) is 0 Å². The largest absolute Gasteiger partial charge is 0.494 e. The summed E-state index contributed by atoms with van der Waals surface area (Å²) in [5.74, 6) is -0.392. The first-order valence-corrected chi connectivity index (χ1v) is 7.29. The quantitative estimate of drug-likeness (QED) is 0.776. The summed E-state index contributed by atoms with van der Waals surface area (Å²) in [5, 5.41) is 10.1. The topological polar surface area (TPSA) is 77.2 Å². The van der Waals surface area contributed by atoms with Gasteiger partial charge in [0.05, 0.1) is 6.61 Å². The van der Waals surface area contributed by atoms with Gasteiger partial charge in [0.1, 0.15) is 11.6 Å². The van der Waals surface area contributed by atoms with E-state index in [1.54, 1.807) is 30.3 Å². The standard InChI is InChI=1S/C17H14FN3O3/c1-2-23-14-8-6-13(7-9-14)19-15(22)17-21-20-16(24-17)11-4-3-5-12(18)10-11/h3-10H,2H2,1H3,(H,19,22). The molecular formula is C17H14FN3O3. The predicted molar refractivity (Wildman–Crippen MR) is 85.3 cm³/mol. The van der Waals surface area contributed by atoms with Crippen LogP contribution < -0.4 is 10.1 Å². The van der Waals surface area contributed by atoms with E-state index in [2.05, 4.69) is 15.5 Å². The highest BCUT2D eigenvalue weighted by molar-refractivity contribution is 6.00. The highest BCUT2D eigenvalue weighted by atomic mass is 19.1. The molecule has 2 aromatic carbocycles. The summed E-state index contributed by atoms with van der Waals surface area (Å²) < 4.78 is 23.8. The molecule has 1 aromatic heterocycles. The summed E-state index contributed by atoms with van der Waals surface area (Å²) in [6.07, 6.45) is 0. The maximum Gasteiger partial charge on any atom is 0.313 e. The molecule has 0 atom stereocenters. The lowest BCUT2D eigenvalue weighted by Crippen LogP contribution is -2.12. The Hall–Kier alpha value is -3.22. The summed E-state index contributed by atoms with van der Waals surface area (Å²) in [7, 11) is 0. The maximum absolute atomic E-state index is 13.2. The Balaban J connectivity index is 1.71. The number of hydrogen-bond donors (Lipinski definition) is 1. The molecule has 0 saturated carbocycles. The second kappa shape index (κ2) is 6.91. The third-order valence-corrected chi connectivity index (χ3v) is 3.11. The van der Waals surface area contributed by atoms with Crippen molar-refractivity contribution in [3.05, 3.63) is 60.2 Å². The average Bonchev–Trinajstić information content (AvgIpc) is 3.07. The van der Waals surface area contributed by atoms with Gasteiger partial charge in [-0.2, -0.15) is 0 Å². The van der Waals surface area contributed by atoms with Crippen molar-refractivity contribution >= 4 is 11.6 Å². The molecule has 3 aromatic rings. The summed E-state index contributed by atoms with van der Waals surface area (Å²) in [6.45, 7) is 2.46. The van der Waals surface area contributed by atoms with Gasteiger partial charge in [0, 0.05) is 11.3 Å². The van der Waals surface area contributed by atoms with Crippen molar-refractivity contribution in [3.8, 4) is 17.2 Å². The Bertz CT molecular complexity index is 846. The molecule has 0 radical (unpaired) electrons. The fourth-order valence-electron chi connectivity index (χ4n) is 2.04. The maximum atomic E-state index is 13.2. The third-order valence-electron chi connectivity index (χ3n) is 3.11. The molecule has 0 aliphatic carbocycles. The molecule has 24 heavy (non-hydrogen) atoms. The molecule has 0 unspecified atom stereocenters. The van der Waals surface area contributed by atoms with Crippen LogP contribution in [-0.4, -0.2) is 22.7 Å². The smallest absolute Gasteiger partial charge is 0.313 e. The van der Waals surface area contributed by atoms with E-state index in [1.165, 1.54) is 18.2 Å². The van der Waals surface area contributed by atoms with Gasteiger partial charge in [-0.05, 0) is 49.4 Å². The number of ether oxygens (including phenoxy) is 1. The van der Waals surface area contributed by atoms with E-state index in [-0.39, 0.29) is 11.8 Å². The normalized spacial score (nSPS) is 10.4. The summed E-state index contributed by atoms with van der Waals surface area (Å²) >= 11 is 0. The number of hydrogen-bond acceptors (Lipinski definition) is 5. The number of benzene rings is 2. The number of aromatic nitrogens is 2. The highest BCUT2D eigenvalue weighted by Gasteiger charge is 2.16. The molecule has 0 aliphatic heterocycles. The van der Waals surface area contributed by atoms with Gasteiger partial charge < -0.3 is 14.5 Å². The molecular weight excluding hydrogens is 313 g/mol. The molecule has 1 N–H and O–H groups in total. The van der Waals surface area contributed by atoms with Crippen LogP contribution in [0.2, 0.25) is 0 Å². The number of anilines is 1. The summed E-state index contributed by atoms with van der Waals surface area (Å²) in [6, 6.07) is 12.6. The van der Waals surface area contributed by atoms with Crippen molar-refractivity contribution < 1.29 is 18.3 Å².